The predicted molar refractivity (Wildman–Crippen MR) is 80.2 cm³/mol. The lowest BCUT2D eigenvalue weighted by molar-refractivity contribution is 0.108. The molecule has 1 unspecified atom stereocenters. The van der Waals surface area contributed by atoms with Crippen LogP contribution >= 0.6 is 12.4 Å². The molecule has 19 heavy (non-hydrogen) atoms. The van der Waals surface area contributed by atoms with E-state index in [-0.39, 0.29) is 12.4 Å². The van der Waals surface area contributed by atoms with Crippen LogP contribution in [0.1, 0.15) is 31.2 Å². The van der Waals surface area contributed by atoms with Crippen molar-refractivity contribution in [3.05, 3.63) is 29.8 Å². The SMILES string of the molecule is COc1ccc(COCCC2CCCCN2)cc1.Cl. The Labute approximate surface area is 122 Å². The smallest absolute Gasteiger partial charge is 0.118 e. The zero-order chi connectivity index (χ0) is 12.6. The highest BCUT2D eigenvalue weighted by Gasteiger charge is 2.11. The molecule has 0 radical (unpaired) electrons. The lowest BCUT2D eigenvalue weighted by Gasteiger charge is -2.23. The number of methoxy groups -OCH3 is 1. The van der Waals surface area contributed by atoms with Gasteiger partial charge in [-0.2, -0.15) is 0 Å². The fourth-order valence-electron chi connectivity index (χ4n) is 2.31. The van der Waals surface area contributed by atoms with Crippen LogP contribution in [-0.2, 0) is 11.3 Å². The maximum Gasteiger partial charge on any atom is 0.118 e. The average Bonchev–Trinajstić information content (AvgIpc) is 2.45. The summed E-state index contributed by atoms with van der Waals surface area (Å²) < 4.78 is 10.8. The van der Waals surface area contributed by atoms with Crippen molar-refractivity contribution >= 4 is 12.4 Å². The van der Waals surface area contributed by atoms with Crippen LogP contribution in [0.3, 0.4) is 0 Å². The van der Waals surface area contributed by atoms with Crippen LogP contribution in [0.15, 0.2) is 24.3 Å². The topological polar surface area (TPSA) is 30.5 Å². The molecular weight excluding hydrogens is 262 g/mol. The fourth-order valence-corrected chi connectivity index (χ4v) is 2.31. The van der Waals surface area contributed by atoms with Gasteiger partial charge in [0.2, 0.25) is 0 Å². The van der Waals surface area contributed by atoms with Crippen molar-refractivity contribution in [1.82, 2.24) is 5.32 Å². The van der Waals surface area contributed by atoms with Gasteiger partial charge in [-0.25, -0.2) is 0 Å². The van der Waals surface area contributed by atoms with E-state index >= 15 is 0 Å². The van der Waals surface area contributed by atoms with Gasteiger partial charge in [0.15, 0.2) is 0 Å². The molecule has 0 aliphatic carbocycles. The Hall–Kier alpha value is -0.770. The predicted octanol–water partition coefficient (Wildman–Crippen LogP) is 3.17. The lowest BCUT2D eigenvalue weighted by atomic mass is 10.0. The Morgan fingerprint density at radius 1 is 1.21 bits per heavy atom. The molecule has 2 rings (SSSR count). The third kappa shape index (κ3) is 5.81. The molecule has 1 atom stereocenters. The molecule has 1 aliphatic heterocycles. The van der Waals surface area contributed by atoms with Gasteiger partial charge < -0.3 is 14.8 Å². The van der Waals surface area contributed by atoms with Crippen LogP contribution in [0.2, 0.25) is 0 Å². The van der Waals surface area contributed by atoms with Crippen LogP contribution in [0.5, 0.6) is 5.75 Å². The van der Waals surface area contributed by atoms with Gasteiger partial charge in [0.1, 0.15) is 5.75 Å². The van der Waals surface area contributed by atoms with Crippen LogP contribution in [0.25, 0.3) is 0 Å². The Balaban J connectivity index is 0.00000180. The summed E-state index contributed by atoms with van der Waals surface area (Å²) in [6.45, 7) is 2.70. The minimum Gasteiger partial charge on any atom is -0.497 e. The number of rotatable bonds is 6. The first-order valence-corrected chi connectivity index (χ1v) is 6.82. The van der Waals surface area contributed by atoms with Gasteiger partial charge in [-0.3, -0.25) is 0 Å². The summed E-state index contributed by atoms with van der Waals surface area (Å²) in [5, 5.41) is 3.54. The van der Waals surface area contributed by atoms with Crippen molar-refractivity contribution in [2.24, 2.45) is 0 Å². The molecule has 1 aromatic carbocycles. The normalized spacial score (nSPS) is 18.7. The third-order valence-electron chi connectivity index (χ3n) is 3.45. The van der Waals surface area contributed by atoms with E-state index in [4.69, 9.17) is 9.47 Å². The number of hydrogen-bond acceptors (Lipinski definition) is 3. The van der Waals surface area contributed by atoms with Crippen molar-refractivity contribution in [2.75, 3.05) is 20.3 Å². The Morgan fingerprint density at radius 2 is 2.00 bits per heavy atom. The summed E-state index contributed by atoms with van der Waals surface area (Å²) in [6.07, 6.45) is 5.10. The molecule has 4 heteroatoms. The molecule has 0 bridgehead atoms. The molecule has 108 valence electrons. The lowest BCUT2D eigenvalue weighted by Crippen LogP contribution is -2.34. The van der Waals surface area contributed by atoms with Gasteiger partial charge in [-0.15, -0.1) is 12.4 Å². The van der Waals surface area contributed by atoms with Gasteiger partial charge in [-0.05, 0) is 43.5 Å². The second-order valence-electron chi connectivity index (χ2n) is 4.84. The number of benzene rings is 1. The minimum atomic E-state index is 0. The number of halogens is 1. The summed E-state index contributed by atoms with van der Waals surface area (Å²) in [4.78, 5) is 0. The van der Waals surface area contributed by atoms with Gasteiger partial charge >= 0.3 is 0 Å². The van der Waals surface area contributed by atoms with Crippen molar-refractivity contribution in [1.29, 1.82) is 0 Å². The highest BCUT2D eigenvalue weighted by atomic mass is 35.5. The molecule has 0 aromatic heterocycles. The largest absolute Gasteiger partial charge is 0.497 e. The van der Waals surface area contributed by atoms with Gasteiger partial charge in [-0.1, -0.05) is 18.6 Å². The molecule has 3 nitrogen and oxygen atoms in total. The Kier molecular flexibility index (Phi) is 7.87. The molecule has 1 N–H and O–H groups in total. The molecule has 1 aliphatic rings. The van der Waals surface area contributed by atoms with Crippen molar-refractivity contribution in [2.45, 2.75) is 38.3 Å². The quantitative estimate of drug-likeness (QED) is 0.815. The Morgan fingerprint density at radius 3 is 2.63 bits per heavy atom. The highest BCUT2D eigenvalue weighted by Crippen LogP contribution is 2.13. The molecule has 0 amide bonds. The monoisotopic (exact) mass is 285 g/mol. The first kappa shape index (κ1) is 16.3. The van der Waals surface area contributed by atoms with E-state index in [1.165, 1.54) is 31.4 Å². The molecular formula is C15H24ClNO2. The zero-order valence-corrected chi connectivity index (χ0v) is 12.4. The maximum atomic E-state index is 5.72. The zero-order valence-electron chi connectivity index (χ0n) is 11.6. The fraction of sp³-hybridized carbons (Fsp3) is 0.600. The molecule has 1 fully saturated rings. The number of hydrogen-bond donors (Lipinski definition) is 1. The van der Waals surface area contributed by atoms with E-state index in [0.717, 1.165) is 18.8 Å². The van der Waals surface area contributed by atoms with Gasteiger partial charge in [0.05, 0.1) is 13.7 Å². The van der Waals surface area contributed by atoms with E-state index < -0.39 is 0 Å². The maximum absolute atomic E-state index is 5.72. The minimum absolute atomic E-state index is 0. The average molecular weight is 286 g/mol. The summed E-state index contributed by atoms with van der Waals surface area (Å²) in [5.74, 6) is 0.894. The standard InChI is InChI=1S/C15H23NO2.ClH/c1-17-15-7-5-13(6-8-15)12-18-11-9-14-4-2-3-10-16-14;/h5-8,14,16H,2-4,9-12H2,1H3;1H. The molecule has 1 heterocycles. The summed E-state index contributed by atoms with van der Waals surface area (Å²) in [6, 6.07) is 8.72. The first-order valence-electron chi connectivity index (χ1n) is 6.82. The van der Waals surface area contributed by atoms with Gasteiger partial charge in [0, 0.05) is 12.6 Å². The second kappa shape index (κ2) is 9.18. The molecule has 0 saturated carbocycles. The number of piperidine rings is 1. The highest BCUT2D eigenvalue weighted by molar-refractivity contribution is 5.85. The number of nitrogens with one attached hydrogen (secondary N) is 1. The van der Waals surface area contributed by atoms with E-state index in [2.05, 4.69) is 17.4 Å². The van der Waals surface area contributed by atoms with E-state index in [1.807, 2.05) is 12.1 Å². The van der Waals surface area contributed by atoms with Crippen LogP contribution < -0.4 is 10.1 Å². The third-order valence-corrected chi connectivity index (χ3v) is 3.45. The number of ether oxygens (including phenoxy) is 2. The molecule has 0 spiro atoms. The second-order valence-corrected chi connectivity index (χ2v) is 4.84. The van der Waals surface area contributed by atoms with Crippen LogP contribution in [-0.4, -0.2) is 26.3 Å². The van der Waals surface area contributed by atoms with Crippen molar-refractivity contribution in [3.63, 3.8) is 0 Å². The Bertz CT molecular complexity index is 337. The van der Waals surface area contributed by atoms with E-state index in [1.54, 1.807) is 7.11 Å². The molecule has 1 aromatic rings. The van der Waals surface area contributed by atoms with E-state index in [9.17, 15) is 0 Å². The molecule has 1 saturated heterocycles. The van der Waals surface area contributed by atoms with Gasteiger partial charge in [0.25, 0.3) is 0 Å². The summed E-state index contributed by atoms with van der Waals surface area (Å²) >= 11 is 0. The van der Waals surface area contributed by atoms with Crippen molar-refractivity contribution < 1.29 is 9.47 Å². The summed E-state index contributed by atoms with van der Waals surface area (Å²) in [7, 11) is 1.68. The summed E-state index contributed by atoms with van der Waals surface area (Å²) in [5.41, 5.74) is 1.20. The first-order chi connectivity index (χ1) is 8.88. The van der Waals surface area contributed by atoms with Crippen molar-refractivity contribution in [3.8, 4) is 5.75 Å². The van der Waals surface area contributed by atoms with Crippen LogP contribution in [0, 0.1) is 0 Å². The van der Waals surface area contributed by atoms with Crippen LogP contribution in [0.4, 0.5) is 0 Å². The van der Waals surface area contributed by atoms with E-state index in [0.29, 0.717) is 12.6 Å².